The number of aliphatic hydroxyl groups excluding tert-OH is 1. The summed E-state index contributed by atoms with van der Waals surface area (Å²) >= 11 is 1.47. The van der Waals surface area contributed by atoms with Gasteiger partial charge in [0.15, 0.2) is 10.7 Å². The van der Waals surface area contributed by atoms with Gasteiger partial charge < -0.3 is 26.0 Å². The SMILES string of the molecule is Cc1c(NC(=O)c2cc3n(n2)CCCC3NCCO)cccc1-c1cccc(NC(=O)c2nc3c(s2)CN(C)CC3)c1C. The minimum Gasteiger partial charge on any atom is -0.395 e. The van der Waals surface area contributed by atoms with Gasteiger partial charge in [0.1, 0.15) is 0 Å². The van der Waals surface area contributed by atoms with Crippen LogP contribution in [0, 0.1) is 13.8 Å². The van der Waals surface area contributed by atoms with Crippen molar-refractivity contribution in [2.24, 2.45) is 0 Å². The highest BCUT2D eigenvalue weighted by Crippen LogP contribution is 2.35. The van der Waals surface area contributed by atoms with E-state index in [4.69, 9.17) is 0 Å². The van der Waals surface area contributed by atoms with Crippen LogP contribution in [0.25, 0.3) is 11.1 Å². The van der Waals surface area contributed by atoms with Crippen molar-refractivity contribution in [3.8, 4) is 11.1 Å². The average Bonchev–Trinajstić information content (AvgIpc) is 3.63. The van der Waals surface area contributed by atoms with Crippen LogP contribution >= 0.6 is 11.3 Å². The summed E-state index contributed by atoms with van der Waals surface area (Å²) in [6, 6.07) is 13.6. The second-order valence-corrected chi connectivity index (χ2v) is 12.4. The predicted molar refractivity (Wildman–Crippen MR) is 169 cm³/mol. The Morgan fingerprint density at radius 1 is 1.02 bits per heavy atom. The largest absolute Gasteiger partial charge is 0.395 e. The van der Waals surface area contributed by atoms with Gasteiger partial charge in [-0.3, -0.25) is 14.3 Å². The monoisotopic (exact) mass is 599 g/mol. The Morgan fingerprint density at radius 3 is 2.42 bits per heavy atom. The fourth-order valence-electron chi connectivity index (χ4n) is 5.95. The third kappa shape index (κ3) is 5.98. The van der Waals surface area contributed by atoms with Crippen LogP contribution < -0.4 is 16.0 Å². The van der Waals surface area contributed by atoms with Gasteiger partial charge in [0.05, 0.1) is 18.0 Å². The van der Waals surface area contributed by atoms with Gasteiger partial charge >= 0.3 is 0 Å². The molecule has 1 atom stereocenters. The maximum atomic E-state index is 13.3. The number of aryl methyl sites for hydroxylation is 1. The number of nitrogens with one attached hydrogen (secondary N) is 3. The van der Waals surface area contributed by atoms with Crippen LogP contribution in [0.15, 0.2) is 42.5 Å². The fraction of sp³-hybridized carbons (Fsp3) is 0.375. The first-order chi connectivity index (χ1) is 20.8. The van der Waals surface area contributed by atoms with Gasteiger partial charge in [0.25, 0.3) is 11.8 Å². The second kappa shape index (κ2) is 12.4. The van der Waals surface area contributed by atoms with Crippen molar-refractivity contribution in [1.29, 1.82) is 0 Å². The minimum atomic E-state index is -0.266. The number of aliphatic hydroxyl groups is 1. The molecule has 4 heterocycles. The number of thiazole rings is 1. The number of likely N-dealkylation sites (N-methyl/N-ethyl adjacent to an activating group) is 1. The Kier molecular flexibility index (Phi) is 8.40. The van der Waals surface area contributed by atoms with Crippen LogP contribution in [-0.4, -0.2) is 63.3 Å². The van der Waals surface area contributed by atoms with Crippen molar-refractivity contribution in [3.63, 3.8) is 0 Å². The second-order valence-electron chi connectivity index (χ2n) is 11.3. The van der Waals surface area contributed by atoms with E-state index in [9.17, 15) is 14.7 Å². The molecule has 11 heteroatoms. The van der Waals surface area contributed by atoms with Crippen LogP contribution in [-0.2, 0) is 19.5 Å². The van der Waals surface area contributed by atoms with E-state index in [1.54, 1.807) is 0 Å². The summed E-state index contributed by atoms with van der Waals surface area (Å²) < 4.78 is 1.89. The van der Waals surface area contributed by atoms with E-state index in [0.29, 0.717) is 22.9 Å². The topological polar surface area (TPSA) is 124 Å². The summed E-state index contributed by atoms with van der Waals surface area (Å²) in [4.78, 5) is 34.5. The molecule has 4 aromatic rings. The molecule has 4 N–H and O–H groups in total. The fourth-order valence-corrected chi connectivity index (χ4v) is 7.03. The third-order valence-corrected chi connectivity index (χ3v) is 9.42. The molecule has 0 fully saturated rings. The normalized spacial score (nSPS) is 16.4. The van der Waals surface area contributed by atoms with Crippen molar-refractivity contribution in [2.75, 3.05) is 37.4 Å². The Hall–Kier alpha value is -3.90. The summed E-state index contributed by atoms with van der Waals surface area (Å²) in [5.41, 5.74) is 7.60. The van der Waals surface area contributed by atoms with Crippen LogP contribution in [0.1, 0.15) is 66.6 Å². The molecule has 10 nitrogen and oxygen atoms in total. The molecule has 2 aliphatic heterocycles. The lowest BCUT2D eigenvalue weighted by Gasteiger charge is -2.24. The van der Waals surface area contributed by atoms with Crippen LogP contribution in [0.2, 0.25) is 0 Å². The van der Waals surface area contributed by atoms with Crippen LogP contribution in [0.5, 0.6) is 0 Å². The lowest BCUT2D eigenvalue weighted by atomic mass is 9.94. The summed E-state index contributed by atoms with van der Waals surface area (Å²) in [5.74, 6) is -0.463. The summed E-state index contributed by atoms with van der Waals surface area (Å²) in [5, 5.41) is 23.8. The third-order valence-electron chi connectivity index (χ3n) is 8.34. The molecular formula is C32H37N7O3S. The molecule has 43 heavy (non-hydrogen) atoms. The first-order valence-electron chi connectivity index (χ1n) is 14.7. The Bertz CT molecular complexity index is 1680. The molecule has 0 saturated carbocycles. The highest BCUT2D eigenvalue weighted by molar-refractivity contribution is 7.13. The standard InChI is InChI=1S/C32H37N7O3S/c1-19-21(7-4-9-23(19)34-30(41)27-17-28-25(33-13-16-40)11-6-14-39(28)37-27)22-8-5-10-24(20(22)2)35-31(42)32-36-26-12-15-38(3)18-29(26)43-32/h4-5,7-10,17,25,33,40H,6,11-16,18H2,1-3H3,(H,34,41)(H,35,42). The van der Waals surface area contributed by atoms with Gasteiger partial charge in [-0.25, -0.2) is 4.98 Å². The molecule has 1 unspecified atom stereocenters. The predicted octanol–water partition coefficient (Wildman–Crippen LogP) is 4.53. The zero-order chi connectivity index (χ0) is 30.1. The Labute approximate surface area is 255 Å². The smallest absolute Gasteiger partial charge is 0.284 e. The summed E-state index contributed by atoms with van der Waals surface area (Å²) in [7, 11) is 2.08. The van der Waals surface area contributed by atoms with Crippen molar-refractivity contribution in [3.05, 3.63) is 80.6 Å². The lowest BCUT2D eigenvalue weighted by molar-refractivity contribution is 0.101. The number of carbonyl (C=O) groups excluding carboxylic acids is 2. The number of hydrogen-bond donors (Lipinski definition) is 4. The number of carbonyl (C=O) groups is 2. The van der Waals surface area contributed by atoms with E-state index in [0.717, 1.165) is 83.1 Å². The van der Waals surface area contributed by atoms with Gasteiger partial charge in [-0.1, -0.05) is 24.3 Å². The summed E-state index contributed by atoms with van der Waals surface area (Å²) in [6.45, 7) is 7.08. The van der Waals surface area contributed by atoms with Crippen molar-refractivity contribution in [1.82, 2.24) is 25.0 Å². The zero-order valence-corrected chi connectivity index (χ0v) is 25.6. The maximum absolute atomic E-state index is 13.3. The number of nitrogens with zero attached hydrogens (tertiary/aromatic N) is 4. The number of anilines is 2. The number of benzene rings is 2. The molecule has 0 radical (unpaired) electrons. The number of aromatic nitrogens is 3. The number of hydrogen-bond acceptors (Lipinski definition) is 8. The number of fused-ring (bicyclic) bond motifs is 2. The van der Waals surface area contributed by atoms with Crippen LogP contribution in [0.3, 0.4) is 0 Å². The number of rotatable bonds is 8. The van der Waals surface area contributed by atoms with Gasteiger partial charge in [-0.05, 0) is 74.2 Å². The average molecular weight is 600 g/mol. The van der Waals surface area contributed by atoms with Gasteiger partial charge in [0.2, 0.25) is 0 Å². The Morgan fingerprint density at radius 2 is 1.72 bits per heavy atom. The van der Waals surface area contributed by atoms with Crippen molar-refractivity contribution < 1.29 is 14.7 Å². The molecule has 0 bridgehead atoms. The molecule has 0 saturated heterocycles. The zero-order valence-electron chi connectivity index (χ0n) is 24.7. The van der Waals surface area contributed by atoms with E-state index in [1.807, 2.05) is 61.0 Å². The molecule has 2 amide bonds. The molecule has 0 spiro atoms. The van der Waals surface area contributed by atoms with E-state index in [-0.39, 0.29) is 24.5 Å². The number of amides is 2. The molecular weight excluding hydrogens is 562 g/mol. The van der Waals surface area contributed by atoms with Crippen molar-refractivity contribution in [2.45, 2.75) is 52.2 Å². The Balaban J connectivity index is 1.20. The first-order valence-corrected chi connectivity index (χ1v) is 15.6. The molecule has 224 valence electrons. The van der Waals surface area contributed by atoms with E-state index in [1.165, 1.54) is 11.3 Å². The van der Waals surface area contributed by atoms with E-state index < -0.39 is 0 Å². The quantitative estimate of drug-likeness (QED) is 0.235. The molecule has 2 aromatic carbocycles. The first kappa shape index (κ1) is 29.2. The molecule has 6 rings (SSSR count). The van der Waals surface area contributed by atoms with E-state index in [2.05, 4.69) is 38.0 Å². The molecule has 0 aliphatic carbocycles. The maximum Gasteiger partial charge on any atom is 0.284 e. The highest BCUT2D eigenvalue weighted by Gasteiger charge is 2.25. The summed E-state index contributed by atoms with van der Waals surface area (Å²) in [6.07, 6.45) is 2.76. The van der Waals surface area contributed by atoms with Gasteiger partial charge in [0, 0.05) is 54.9 Å². The van der Waals surface area contributed by atoms with Gasteiger partial charge in [-0.15, -0.1) is 11.3 Å². The molecule has 2 aliphatic rings. The van der Waals surface area contributed by atoms with Crippen molar-refractivity contribution >= 4 is 34.5 Å². The lowest BCUT2D eigenvalue weighted by Crippen LogP contribution is -2.29. The highest BCUT2D eigenvalue weighted by atomic mass is 32.1. The molecule has 2 aromatic heterocycles. The van der Waals surface area contributed by atoms with E-state index >= 15 is 0 Å². The minimum absolute atomic E-state index is 0.0634. The van der Waals surface area contributed by atoms with Crippen LogP contribution in [0.4, 0.5) is 11.4 Å². The van der Waals surface area contributed by atoms with Gasteiger partial charge in [-0.2, -0.15) is 5.10 Å².